The van der Waals surface area contributed by atoms with E-state index in [0.29, 0.717) is 16.8 Å². The van der Waals surface area contributed by atoms with E-state index in [2.05, 4.69) is 29.1 Å². The second kappa shape index (κ2) is 9.40. The molecule has 0 saturated carbocycles. The van der Waals surface area contributed by atoms with Crippen molar-refractivity contribution in [1.29, 1.82) is 0 Å². The number of benzene rings is 3. The van der Waals surface area contributed by atoms with Gasteiger partial charge in [0.1, 0.15) is 0 Å². The molecule has 0 radical (unpaired) electrons. The molecule has 0 spiro atoms. The summed E-state index contributed by atoms with van der Waals surface area (Å²) in [5, 5.41) is 3.01. The number of nitrogens with one attached hydrogen (secondary N) is 2. The highest BCUT2D eigenvalue weighted by atomic mass is 32.2. The fourth-order valence-corrected chi connectivity index (χ4v) is 5.29. The standard InChI is InChI=1S/C27H32N2O3S/c1-16-9-8-10-25(21(16)6)29-33(31,32)26-15-23(12-11-17(26)2)27(30)28-22(7)24-14-19(4)18(3)13-20(24)5/h8-15,22,29H,1-7H3,(H,28,30)/t22-/m1/s1. The van der Waals surface area contributed by atoms with Crippen LogP contribution in [-0.2, 0) is 10.0 Å². The SMILES string of the molecule is Cc1cc(C)c([C@@H](C)NC(=O)c2ccc(C)c(S(=O)(=O)Nc3cccc(C)c3C)c2)cc1C. The van der Waals surface area contributed by atoms with Crippen molar-refractivity contribution in [3.63, 3.8) is 0 Å². The van der Waals surface area contributed by atoms with Crippen molar-refractivity contribution in [2.45, 2.75) is 59.4 Å². The first-order valence-electron chi connectivity index (χ1n) is 11.0. The number of anilines is 1. The maximum Gasteiger partial charge on any atom is 0.262 e. The minimum absolute atomic E-state index is 0.0890. The monoisotopic (exact) mass is 464 g/mol. The van der Waals surface area contributed by atoms with Gasteiger partial charge in [-0.15, -0.1) is 0 Å². The molecule has 0 heterocycles. The van der Waals surface area contributed by atoms with Crippen molar-refractivity contribution in [3.05, 3.63) is 93.0 Å². The molecule has 1 atom stereocenters. The molecule has 3 aromatic carbocycles. The number of carbonyl (C=O) groups is 1. The molecule has 0 saturated heterocycles. The van der Waals surface area contributed by atoms with E-state index >= 15 is 0 Å². The van der Waals surface area contributed by atoms with Crippen LogP contribution in [0, 0.1) is 41.5 Å². The summed E-state index contributed by atoms with van der Waals surface area (Å²) in [5.74, 6) is -0.316. The molecule has 6 heteroatoms. The van der Waals surface area contributed by atoms with Crippen LogP contribution in [0.3, 0.4) is 0 Å². The average molecular weight is 465 g/mol. The van der Waals surface area contributed by atoms with Crippen molar-refractivity contribution in [2.75, 3.05) is 4.72 Å². The Morgan fingerprint density at radius 1 is 0.788 bits per heavy atom. The zero-order valence-corrected chi connectivity index (χ0v) is 21.1. The molecule has 0 aliphatic carbocycles. The van der Waals surface area contributed by atoms with Crippen LogP contribution in [0.2, 0.25) is 0 Å². The summed E-state index contributed by atoms with van der Waals surface area (Å²) in [6.45, 7) is 13.6. The summed E-state index contributed by atoms with van der Waals surface area (Å²) in [7, 11) is -3.87. The van der Waals surface area contributed by atoms with E-state index in [1.807, 2.05) is 46.8 Å². The molecule has 174 valence electrons. The third-order valence-corrected chi connectivity index (χ3v) is 7.79. The summed E-state index contributed by atoms with van der Waals surface area (Å²) in [5.41, 5.74) is 7.79. The zero-order valence-electron chi connectivity index (χ0n) is 20.3. The van der Waals surface area contributed by atoms with Gasteiger partial charge in [0.2, 0.25) is 0 Å². The molecule has 0 unspecified atom stereocenters. The highest BCUT2D eigenvalue weighted by Gasteiger charge is 2.21. The first kappa shape index (κ1) is 24.5. The van der Waals surface area contributed by atoms with Crippen molar-refractivity contribution in [2.24, 2.45) is 0 Å². The van der Waals surface area contributed by atoms with Crippen LogP contribution in [-0.4, -0.2) is 14.3 Å². The molecule has 0 aliphatic rings. The molecule has 3 rings (SSSR count). The van der Waals surface area contributed by atoms with Crippen molar-refractivity contribution < 1.29 is 13.2 Å². The van der Waals surface area contributed by atoms with E-state index in [0.717, 1.165) is 27.8 Å². The fourth-order valence-electron chi connectivity index (χ4n) is 3.90. The molecule has 1 amide bonds. The molecule has 3 aromatic rings. The van der Waals surface area contributed by atoms with Gasteiger partial charge in [0, 0.05) is 5.56 Å². The molecular weight excluding hydrogens is 432 g/mol. The second-order valence-electron chi connectivity index (χ2n) is 8.82. The lowest BCUT2D eigenvalue weighted by molar-refractivity contribution is 0.0939. The minimum atomic E-state index is -3.87. The Labute approximate surface area is 197 Å². The van der Waals surface area contributed by atoms with Gasteiger partial charge in [0.15, 0.2) is 0 Å². The zero-order chi connectivity index (χ0) is 24.5. The Morgan fingerprint density at radius 3 is 2.15 bits per heavy atom. The maximum atomic E-state index is 13.2. The number of sulfonamides is 1. The van der Waals surface area contributed by atoms with Gasteiger partial charge < -0.3 is 5.32 Å². The quantitative estimate of drug-likeness (QED) is 0.482. The van der Waals surface area contributed by atoms with Crippen molar-refractivity contribution >= 4 is 21.6 Å². The lowest BCUT2D eigenvalue weighted by atomic mass is 9.96. The number of aryl methyl sites for hydroxylation is 5. The van der Waals surface area contributed by atoms with Gasteiger partial charge in [-0.05, 0) is 106 Å². The number of hydrogen-bond donors (Lipinski definition) is 2. The van der Waals surface area contributed by atoms with E-state index in [4.69, 9.17) is 0 Å². The predicted molar refractivity (Wildman–Crippen MR) is 134 cm³/mol. The van der Waals surface area contributed by atoms with Gasteiger partial charge in [0.25, 0.3) is 15.9 Å². The lowest BCUT2D eigenvalue weighted by Gasteiger charge is -2.19. The van der Waals surface area contributed by atoms with Crippen LogP contribution in [0.15, 0.2) is 53.4 Å². The van der Waals surface area contributed by atoms with Crippen LogP contribution in [0.5, 0.6) is 0 Å². The van der Waals surface area contributed by atoms with Crippen LogP contribution in [0.25, 0.3) is 0 Å². The molecule has 0 bridgehead atoms. The molecule has 0 aliphatic heterocycles. The van der Waals surface area contributed by atoms with E-state index in [1.165, 1.54) is 11.6 Å². The Balaban J connectivity index is 1.88. The third kappa shape index (κ3) is 5.28. The van der Waals surface area contributed by atoms with Gasteiger partial charge in [-0.1, -0.05) is 30.3 Å². The highest BCUT2D eigenvalue weighted by Crippen LogP contribution is 2.25. The van der Waals surface area contributed by atoms with Gasteiger partial charge in [-0.2, -0.15) is 0 Å². The van der Waals surface area contributed by atoms with E-state index in [9.17, 15) is 13.2 Å². The molecular formula is C27H32N2O3S. The topological polar surface area (TPSA) is 75.3 Å². The van der Waals surface area contributed by atoms with Crippen LogP contribution < -0.4 is 10.0 Å². The van der Waals surface area contributed by atoms with E-state index in [-0.39, 0.29) is 16.8 Å². The summed E-state index contributed by atoms with van der Waals surface area (Å²) >= 11 is 0. The number of hydrogen-bond acceptors (Lipinski definition) is 3. The number of rotatable bonds is 6. The van der Waals surface area contributed by atoms with Crippen LogP contribution >= 0.6 is 0 Å². The van der Waals surface area contributed by atoms with Crippen LogP contribution in [0.4, 0.5) is 5.69 Å². The van der Waals surface area contributed by atoms with E-state index in [1.54, 1.807) is 25.1 Å². The molecule has 0 aromatic heterocycles. The first-order chi connectivity index (χ1) is 15.4. The van der Waals surface area contributed by atoms with Crippen molar-refractivity contribution in [3.8, 4) is 0 Å². The maximum absolute atomic E-state index is 13.2. The molecule has 2 N–H and O–H groups in total. The number of amides is 1. The van der Waals surface area contributed by atoms with Gasteiger partial charge in [-0.3, -0.25) is 9.52 Å². The normalized spacial score (nSPS) is 12.3. The largest absolute Gasteiger partial charge is 0.346 e. The Morgan fingerprint density at radius 2 is 1.45 bits per heavy atom. The minimum Gasteiger partial charge on any atom is -0.346 e. The third-order valence-electron chi connectivity index (χ3n) is 6.29. The van der Waals surface area contributed by atoms with Gasteiger partial charge in [0.05, 0.1) is 16.6 Å². The summed E-state index contributed by atoms with van der Waals surface area (Å²) in [6, 6.07) is 14.2. The first-order valence-corrected chi connectivity index (χ1v) is 12.5. The Kier molecular flexibility index (Phi) is 6.98. The molecule has 33 heavy (non-hydrogen) atoms. The molecule has 0 fully saturated rings. The van der Waals surface area contributed by atoms with Gasteiger partial charge in [-0.25, -0.2) is 8.42 Å². The van der Waals surface area contributed by atoms with Gasteiger partial charge >= 0.3 is 0 Å². The second-order valence-corrected chi connectivity index (χ2v) is 10.5. The highest BCUT2D eigenvalue weighted by molar-refractivity contribution is 7.92. The fraction of sp³-hybridized carbons (Fsp3) is 0.296. The summed E-state index contributed by atoms with van der Waals surface area (Å²) in [4.78, 5) is 13.1. The Hall–Kier alpha value is -3.12. The predicted octanol–water partition coefficient (Wildman–Crippen LogP) is 5.83. The van der Waals surface area contributed by atoms with Crippen LogP contribution in [0.1, 0.15) is 62.3 Å². The lowest BCUT2D eigenvalue weighted by Crippen LogP contribution is -2.27. The molecule has 5 nitrogen and oxygen atoms in total. The van der Waals surface area contributed by atoms with Crippen molar-refractivity contribution in [1.82, 2.24) is 5.32 Å². The average Bonchev–Trinajstić information content (AvgIpc) is 2.74. The van der Waals surface area contributed by atoms with E-state index < -0.39 is 10.0 Å². The number of carbonyl (C=O) groups excluding carboxylic acids is 1. The smallest absolute Gasteiger partial charge is 0.262 e. The summed E-state index contributed by atoms with van der Waals surface area (Å²) in [6.07, 6.45) is 0. The summed E-state index contributed by atoms with van der Waals surface area (Å²) < 4.78 is 29.0. The Bertz CT molecular complexity index is 1330.